The Labute approximate surface area is 170 Å². The number of rotatable bonds is 7. The topological polar surface area (TPSA) is 132 Å². The van der Waals surface area contributed by atoms with Gasteiger partial charge >= 0.3 is 0 Å². The second kappa shape index (κ2) is 8.99. The summed E-state index contributed by atoms with van der Waals surface area (Å²) in [7, 11) is -3.78. The lowest BCUT2D eigenvalue weighted by atomic mass is 10.2. The van der Waals surface area contributed by atoms with E-state index in [9.17, 15) is 13.2 Å². The molecule has 0 spiro atoms. The third-order valence-corrected chi connectivity index (χ3v) is 5.51. The van der Waals surface area contributed by atoms with E-state index in [1.165, 1.54) is 12.1 Å². The molecule has 29 heavy (non-hydrogen) atoms. The van der Waals surface area contributed by atoms with Gasteiger partial charge in [0.05, 0.1) is 23.8 Å². The Morgan fingerprint density at radius 2 is 1.90 bits per heavy atom. The van der Waals surface area contributed by atoms with Crippen molar-refractivity contribution in [3.05, 3.63) is 35.9 Å². The summed E-state index contributed by atoms with van der Waals surface area (Å²) >= 11 is 0. The molecule has 0 atom stereocenters. The number of hydrogen-bond acceptors (Lipinski definition) is 7. The van der Waals surface area contributed by atoms with Crippen LogP contribution < -0.4 is 10.5 Å². The highest BCUT2D eigenvalue weighted by atomic mass is 32.2. The van der Waals surface area contributed by atoms with Crippen LogP contribution in [0.25, 0.3) is 5.69 Å². The largest absolute Gasteiger partial charge is 0.379 e. The molecule has 0 bridgehead atoms. The Kier molecular flexibility index (Phi) is 6.63. The zero-order chi connectivity index (χ0) is 21.0. The predicted molar refractivity (Wildman–Crippen MR) is 106 cm³/mol. The number of benzene rings is 1. The summed E-state index contributed by atoms with van der Waals surface area (Å²) in [5.41, 5.74) is 0.598. The van der Waals surface area contributed by atoms with Crippen molar-refractivity contribution in [2.24, 2.45) is 5.14 Å². The van der Waals surface area contributed by atoms with Gasteiger partial charge in [-0.15, -0.1) is 5.10 Å². The van der Waals surface area contributed by atoms with Crippen LogP contribution in [0.2, 0.25) is 0 Å². The average molecular weight is 423 g/mol. The number of carbonyl (C=O) groups is 1. The lowest BCUT2D eigenvalue weighted by Gasteiger charge is -2.26. The standard InChI is InChI=1S/C18H26N6O4S/c1-13(2)17-21-16(18(25)20-7-8-23-9-11-28-12-10-23)22-24(17)14-3-5-15(6-4-14)29(19,26)27/h3-6,13H,7-12H2,1-2H3,(H,20,25)(H2,19,26,27). The number of ether oxygens (including phenoxy) is 1. The summed E-state index contributed by atoms with van der Waals surface area (Å²) in [5.74, 6) is 0.341. The fourth-order valence-electron chi connectivity index (χ4n) is 2.99. The fraction of sp³-hybridized carbons (Fsp3) is 0.500. The fourth-order valence-corrected chi connectivity index (χ4v) is 3.51. The smallest absolute Gasteiger partial charge is 0.291 e. The van der Waals surface area contributed by atoms with Crippen LogP contribution in [0.5, 0.6) is 0 Å². The number of nitrogens with two attached hydrogens (primary N) is 1. The van der Waals surface area contributed by atoms with E-state index in [-0.39, 0.29) is 22.5 Å². The third-order valence-electron chi connectivity index (χ3n) is 4.58. The van der Waals surface area contributed by atoms with Gasteiger partial charge in [0, 0.05) is 32.1 Å². The molecule has 2 heterocycles. The highest BCUT2D eigenvalue weighted by Crippen LogP contribution is 2.19. The van der Waals surface area contributed by atoms with Crippen molar-refractivity contribution in [3.8, 4) is 5.69 Å². The molecule has 1 aromatic carbocycles. The summed E-state index contributed by atoms with van der Waals surface area (Å²) in [4.78, 5) is 19.1. The van der Waals surface area contributed by atoms with E-state index in [0.29, 0.717) is 31.3 Å². The van der Waals surface area contributed by atoms with E-state index < -0.39 is 10.0 Å². The quantitative estimate of drug-likeness (QED) is 0.647. The van der Waals surface area contributed by atoms with Crippen LogP contribution in [0.3, 0.4) is 0 Å². The minimum absolute atomic E-state index is 0.00791. The molecule has 158 valence electrons. The van der Waals surface area contributed by atoms with Gasteiger partial charge < -0.3 is 10.1 Å². The van der Waals surface area contributed by atoms with Gasteiger partial charge in [-0.3, -0.25) is 9.69 Å². The van der Waals surface area contributed by atoms with Gasteiger partial charge in [-0.05, 0) is 24.3 Å². The molecule has 2 aromatic rings. The molecule has 0 radical (unpaired) electrons. The monoisotopic (exact) mass is 422 g/mol. The number of carbonyl (C=O) groups excluding carboxylic acids is 1. The maximum absolute atomic E-state index is 12.5. The molecule has 1 saturated heterocycles. The third kappa shape index (κ3) is 5.38. The van der Waals surface area contributed by atoms with Crippen LogP contribution >= 0.6 is 0 Å². The Hall–Kier alpha value is -2.34. The van der Waals surface area contributed by atoms with Crippen molar-refractivity contribution >= 4 is 15.9 Å². The lowest BCUT2D eigenvalue weighted by Crippen LogP contribution is -2.41. The van der Waals surface area contributed by atoms with Crippen LogP contribution in [0.15, 0.2) is 29.2 Å². The van der Waals surface area contributed by atoms with Gasteiger partial charge in [0.1, 0.15) is 5.82 Å². The first-order valence-electron chi connectivity index (χ1n) is 9.44. The summed E-state index contributed by atoms with van der Waals surface area (Å²) in [6.07, 6.45) is 0. The van der Waals surface area contributed by atoms with E-state index in [2.05, 4.69) is 20.3 Å². The zero-order valence-electron chi connectivity index (χ0n) is 16.5. The number of primary sulfonamides is 1. The minimum atomic E-state index is -3.78. The summed E-state index contributed by atoms with van der Waals surface area (Å²) in [6.45, 7) is 8.25. The maximum atomic E-state index is 12.5. The van der Waals surface area contributed by atoms with Gasteiger partial charge in [0.15, 0.2) is 0 Å². The first-order valence-corrected chi connectivity index (χ1v) is 11.0. The van der Waals surface area contributed by atoms with Gasteiger partial charge in [0.2, 0.25) is 15.8 Å². The minimum Gasteiger partial charge on any atom is -0.379 e. The first-order chi connectivity index (χ1) is 13.8. The number of nitrogens with zero attached hydrogens (tertiary/aromatic N) is 4. The van der Waals surface area contributed by atoms with Crippen LogP contribution in [-0.2, 0) is 14.8 Å². The molecule has 1 aliphatic heterocycles. The zero-order valence-corrected chi connectivity index (χ0v) is 17.4. The Morgan fingerprint density at radius 1 is 1.24 bits per heavy atom. The second-order valence-electron chi connectivity index (χ2n) is 7.11. The van der Waals surface area contributed by atoms with Crippen LogP contribution in [0.1, 0.15) is 36.2 Å². The average Bonchev–Trinajstić information content (AvgIpc) is 3.14. The summed E-state index contributed by atoms with van der Waals surface area (Å²) < 4.78 is 29.7. The molecule has 1 amide bonds. The molecular formula is C18H26N6O4S. The van der Waals surface area contributed by atoms with Crippen molar-refractivity contribution in [2.75, 3.05) is 39.4 Å². The Balaban J connectivity index is 1.73. The Bertz CT molecular complexity index is 949. The van der Waals surface area contributed by atoms with Crippen molar-refractivity contribution in [3.63, 3.8) is 0 Å². The van der Waals surface area contributed by atoms with E-state index in [4.69, 9.17) is 9.88 Å². The van der Waals surface area contributed by atoms with Crippen molar-refractivity contribution in [2.45, 2.75) is 24.7 Å². The molecule has 1 aliphatic rings. The van der Waals surface area contributed by atoms with Crippen LogP contribution in [0.4, 0.5) is 0 Å². The number of hydrogen-bond donors (Lipinski definition) is 2. The molecular weight excluding hydrogens is 396 g/mol. The van der Waals surface area contributed by atoms with Crippen LogP contribution in [0, 0.1) is 0 Å². The van der Waals surface area contributed by atoms with Crippen molar-refractivity contribution in [1.82, 2.24) is 25.0 Å². The normalized spacial score (nSPS) is 15.6. The molecule has 10 nitrogen and oxygen atoms in total. The molecule has 0 saturated carbocycles. The summed E-state index contributed by atoms with van der Waals surface area (Å²) in [5, 5.41) is 12.3. The lowest BCUT2D eigenvalue weighted by molar-refractivity contribution is 0.0383. The van der Waals surface area contributed by atoms with Gasteiger partial charge in [0.25, 0.3) is 5.91 Å². The van der Waals surface area contributed by atoms with Gasteiger partial charge in [-0.1, -0.05) is 13.8 Å². The van der Waals surface area contributed by atoms with E-state index >= 15 is 0 Å². The summed E-state index contributed by atoms with van der Waals surface area (Å²) in [6, 6.07) is 5.97. The predicted octanol–water partition coefficient (Wildman–Crippen LogP) is 0.100. The number of nitrogens with one attached hydrogen (secondary N) is 1. The van der Waals surface area contributed by atoms with Crippen molar-refractivity contribution < 1.29 is 17.9 Å². The highest BCUT2D eigenvalue weighted by molar-refractivity contribution is 7.89. The molecule has 3 N–H and O–H groups in total. The number of aromatic nitrogens is 3. The highest BCUT2D eigenvalue weighted by Gasteiger charge is 2.20. The van der Waals surface area contributed by atoms with Crippen LogP contribution in [-0.4, -0.2) is 73.4 Å². The van der Waals surface area contributed by atoms with E-state index in [1.807, 2.05) is 13.8 Å². The number of amides is 1. The maximum Gasteiger partial charge on any atom is 0.291 e. The molecule has 1 fully saturated rings. The van der Waals surface area contributed by atoms with E-state index in [0.717, 1.165) is 19.6 Å². The van der Waals surface area contributed by atoms with E-state index in [1.54, 1.807) is 16.8 Å². The van der Waals surface area contributed by atoms with Crippen molar-refractivity contribution in [1.29, 1.82) is 0 Å². The molecule has 11 heteroatoms. The SMILES string of the molecule is CC(C)c1nc(C(=O)NCCN2CCOCC2)nn1-c1ccc(S(N)(=O)=O)cc1. The molecule has 3 rings (SSSR count). The number of sulfonamides is 1. The van der Waals surface area contributed by atoms with Gasteiger partial charge in [-0.25, -0.2) is 23.2 Å². The van der Waals surface area contributed by atoms with Gasteiger partial charge in [-0.2, -0.15) is 0 Å². The first kappa shape index (κ1) is 21.4. The molecule has 0 aliphatic carbocycles. The number of morpholine rings is 1. The Morgan fingerprint density at radius 3 is 2.48 bits per heavy atom. The second-order valence-corrected chi connectivity index (χ2v) is 8.67. The molecule has 0 unspecified atom stereocenters. The molecule has 1 aromatic heterocycles.